The van der Waals surface area contributed by atoms with Crippen LogP contribution in [0.5, 0.6) is 5.75 Å². The molecule has 5 nitrogen and oxygen atoms in total. The maximum atomic E-state index is 11.7. The lowest BCUT2D eigenvalue weighted by Gasteiger charge is -2.36. The second-order valence-electron chi connectivity index (χ2n) is 5.97. The number of fused-ring (bicyclic) bond motifs is 1. The van der Waals surface area contributed by atoms with Gasteiger partial charge in [0.15, 0.2) is 0 Å². The Morgan fingerprint density at radius 1 is 1.27 bits per heavy atom. The van der Waals surface area contributed by atoms with Crippen molar-refractivity contribution in [3.63, 3.8) is 0 Å². The van der Waals surface area contributed by atoms with Gasteiger partial charge in [-0.15, -0.1) is 0 Å². The largest absolute Gasteiger partial charge is 0.495 e. The number of hydrogen-bond donors (Lipinski definition) is 1. The molecule has 3 rings (SSSR count). The molecule has 2 heterocycles. The molecule has 0 radical (unpaired) electrons. The molecular formula is C17H24N2O3. The summed E-state index contributed by atoms with van der Waals surface area (Å²) in [5.41, 5.74) is 3.96. The number of nitrogens with one attached hydrogen (secondary N) is 1. The summed E-state index contributed by atoms with van der Waals surface area (Å²) in [7, 11) is 3.19. The van der Waals surface area contributed by atoms with E-state index in [4.69, 9.17) is 9.47 Å². The molecule has 0 spiro atoms. The van der Waals surface area contributed by atoms with Crippen molar-refractivity contribution in [3.05, 3.63) is 23.3 Å². The van der Waals surface area contributed by atoms with Crippen molar-refractivity contribution in [1.29, 1.82) is 0 Å². The highest BCUT2D eigenvalue weighted by Crippen LogP contribution is 2.38. The van der Waals surface area contributed by atoms with Crippen molar-refractivity contribution in [2.75, 3.05) is 38.8 Å². The van der Waals surface area contributed by atoms with Gasteiger partial charge in [-0.25, -0.2) is 0 Å². The minimum Gasteiger partial charge on any atom is -0.495 e. The first-order valence-corrected chi connectivity index (χ1v) is 7.97. The zero-order valence-electron chi connectivity index (χ0n) is 13.4. The van der Waals surface area contributed by atoms with E-state index in [1.165, 1.54) is 23.9 Å². The third kappa shape index (κ3) is 2.77. The summed E-state index contributed by atoms with van der Waals surface area (Å²) in [5.74, 6) is 0.882. The summed E-state index contributed by atoms with van der Waals surface area (Å²) in [4.78, 5) is 14.1. The zero-order chi connectivity index (χ0) is 15.5. The van der Waals surface area contributed by atoms with Gasteiger partial charge in [-0.3, -0.25) is 4.79 Å². The Kier molecular flexibility index (Phi) is 4.52. The van der Waals surface area contributed by atoms with Gasteiger partial charge in [-0.1, -0.05) is 6.07 Å². The lowest BCUT2D eigenvalue weighted by molar-refractivity contribution is -0.146. The van der Waals surface area contributed by atoms with E-state index in [-0.39, 0.29) is 11.9 Å². The van der Waals surface area contributed by atoms with E-state index in [2.05, 4.69) is 22.3 Å². The number of piperidine rings is 1. The molecule has 0 saturated carbocycles. The van der Waals surface area contributed by atoms with Gasteiger partial charge in [-0.2, -0.15) is 0 Å². The molecule has 5 heteroatoms. The van der Waals surface area contributed by atoms with E-state index in [0.717, 1.165) is 51.2 Å². The average molecular weight is 304 g/mol. The molecule has 120 valence electrons. The summed E-state index contributed by atoms with van der Waals surface area (Å²) < 4.78 is 10.5. The number of anilines is 1. The van der Waals surface area contributed by atoms with Gasteiger partial charge in [-0.05, 0) is 43.0 Å². The van der Waals surface area contributed by atoms with Crippen LogP contribution in [0.4, 0.5) is 5.69 Å². The van der Waals surface area contributed by atoms with E-state index < -0.39 is 0 Å². The fourth-order valence-corrected chi connectivity index (χ4v) is 3.54. The second-order valence-corrected chi connectivity index (χ2v) is 5.97. The van der Waals surface area contributed by atoms with Gasteiger partial charge in [0.1, 0.15) is 5.75 Å². The molecule has 22 heavy (non-hydrogen) atoms. The zero-order valence-corrected chi connectivity index (χ0v) is 13.4. The highest BCUT2D eigenvalue weighted by atomic mass is 16.5. The lowest BCUT2D eigenvalue weighted by atomic mass is 9.93. The van der Waals surface area contributed by atoms with Crippen LogP contribution in [0.2, 0.25) is 0 Å². The maximum absolute atomic E-state index is 11.7. The van der Waals surface area contributed by atoms with E-state index >= 15 is 0 Å². The van der Waals surface area contributed by atoms with Crippen LogP contribution in [0.15, 0.2) is 12.1 Å². The van der Waals surface area contributed by atoms with E-state index in [1.54, 1.807) is 7.11 Å². The Hall–Kier alpha value is -1.75. The molecule has 0 amide bonds. The van der Waals surface area contributed by atoms with E-state index in [9.17, 15) is 4.79 Å². The molecule has 0 atom stereocenters. The number of nitrogens with zero attached hydrogens (tertiary/aromatic N) is 1. The van der Waals surface area contributed by atoms with Crippen LogP contribution < -0.4 is 15.0 Å². The Bertz CT molecular complexity index is 551. The number of carbonyl (C=O) groups excluding carboxylic acids is 1. The minimum absolute atomic E-state index is 0.0323. The maximum Gasteiger partial charge on any atom is 0.308 e. The van der Waals surface area contributed by atoms with Crippen molar-refractivity contribution in [1.82, 2.24) is 5.32 Å². The molecular weight excluding hydrogens is 280 g/mol. The smallest absolute Gasteiger partial charge is 0.308 e. The first-order valence-electron chi connectivity index (χ1n) is 7.97. The molecule has 1 saturated heterocycles. The van der Waals surface area contributed by atoms with Crippen molar-refractivity contribution in [3.8, 4) is 5.75 Å². The van der Waals surface area contributed by atoms with Gasteiger partial charge >= 0.3 is 5.97 Å². The molecule has 0 bridgehead atoms. The predicted octanol–water partition coefficient (Wildman–Crippen LogP) is 1.73. The van der Waals surface area contributed by atoms with Gasteiger partial charge < -0.3 is 19.7 Å². The number of hydrogen-bond acceptors (Lipinski definition) is 5. The number of rotatable bonds is 3. The van der Waals surface area contributed by atoms with Crippen LogP contribution in [0.1, 0.15) is 24.0 Å². The molecule has 1 N–H and O–H groups in total. The van der Waals surface area contributed by atoms with Crippen LogP contribution >= 0.6 is 0 Å². The summed E-state index contributed by atoms with van der Waals surface area (Å²) >= 11 is 0. The number of methoxy groups -OCH3 is 2. The number of ether oxygens (including phenoxy) is 2. The second kappa shape index (κ2) is 6.57. The van der Waals surface area contributed by atoms with Gasteiger partial charge in [0.25, 0.3) is 0 Å². The molecule has 1 aromatic carbocycles. The molecule has 0 aromatic heterocycles. The molecule has 0 unspecified atom stereocenters. The molecule has 2 aliphatic rings. The van der Waals surface area contributed by atoms with Crippen LogP contribution in [0.3, 0.4) is 0 Å². The first-order chi connectivity index (χ1) is 10.7. The Balaban J connectivity index is 1.84. The van der Waals surface area contributed by atoms with Crippen molar-refractivity contribution >= 4 is 11.7 Å². The Labute approximate surface area is 131 Å². The standard InChI is InChI=1S/C17H24N2O3/c1-21-15-4-3-12-5-8-18-11-14(12)16(15)19-9-6-13(7-10-19)17(20)22-2/h3-4,13,18H,5-11H2,1-2H3. The minimum atomic E-state index is -0.0802. The number of carbonyl (C=O) groups is 1. The predicted molar refractivity (Wildman–Crippen MR) is 85.4 cm³/mol. The number of benzene rings is 1. The highest BCUT2D eigenvalue weighted by molar-refractivity contribution is 5.73. The third-order valence-corrected chi connectivity index (χ3v) is 4.78. The monoisotopic (exact) mass is 304 g/mol. The molecule has 2 aliphatic heterocycles. The van der Waals surface area contributed by atoms with Crippen LogP contribution in [-0.4, -0.2) is 39.8 Å². The fraction of sp³-hybridized carbons (Fsp3) is 0.588. The molecule has 1 aromatic rings. The lowest BCUT2D eigenvalue weighted by Crippen LogP contribution is -2.38. The molecule has 1 fully saturated rings. The summed E-state index contributed by atoms with van der Waals surface area (Å²) in [6.45, 7) is 3.65. The normalized spacial score (nSPS) is 18.7. The van der Waals surface area contributed by atoms with Gasteiger partial charge in [0.2, 0.25) is 0 Å². The Morgan fingerprint density at radius 3 is 2.73 bits per heavy atom. The van der Waals surface area contributed by atoms with Crippen molar-refractivity contribution in [2.45, 2.75) is 25.8 Å². The fourth-order valence-electron chi connectivity index (χ4n) is 3.54. The topological polar surface area (TPSA) is 50.8 Å². The Morgan fingerprint density at radius 2 is 2.05 bits per heavy atom. The SMILES string of the molecule is COC(=O)C1CCN(c2c(OC)ccc3c2CNCC3)CC1. The number of esters is 1. The third-order valence-electron chi connectivity index (χ3n) is 4.78. The highest BCUT2D eigenvalue weighted by Gasteiger charge is 2.29. The first kappa shape index (κ1) is 15.2. The van der Waals surface area contributed by atoms with Crippen LogP contribution in [0.25, 0.3) is 0 Å². The quantitative estimate of drug-likeness (QED) is 0.862. The van der Waals surface area contributed by atoms with Crippen LogP contribution in [-0.2, 0) is 22.5 Å². The van der Waals surface area contributed by atoms with E-state index in [1.807, 2.05) is 0 Å². The summed E-state index contributed by atoms with van der Waals surface area (Å²) in [6.07, 6.45) is 2.74. The summed E-state index contributed by atoms with van der Waals surface area (Å²) in [6, 6.07) is 4.26. The van der Waals surface area contributed by atoms with Gasteiger partial charge in [0, 0.05) is 19.6 Å². The molecule has 0 aliphatic carbocycles. The average Bonchev–Trinajstić information content (AvgIpc) is 2.60. The summed E-state index contributed by atoms with van der Waals surface area (Å²) in [5, 5.41) is 3.45. The van der Waals surface area contributed by atoms with Crippen molar-refractivity contribution < 1.29 is 14.3 Å². The van der Waals surface area contributed by atoms with Crippen LogP contribution in [0, 0.1) is 5.92 Å². The van der Waals surface area contributed by atoms with Crippen molar-refractivity contribution in [2.24, 2.45) is 5.92 Å². The van der Waals surface area contributed by atoms with Gasteiger partial charge in [0.05, 0.1) is 25.8 Å². The van der Waals surface area contributed by atoms with E-state index in [0.29, 0.717) is 0 Å².